The van der Waals surface area contributed by atoms with Gasteiger partial charge in [-0.2, -0.15) is 0 Å². The lowest BCUT2D eigenvalue weighted by molar-refractivity contribution is 0.103. The van der Waals surface area contributed by atoms with Gasteiger partial charge in [0, 0.05) is 16.7 Å². The molecular formula is C15H10Cl3FO2. The van der Waals surface area contributed by atoms with Crippen molar-refractivity contribution in [2.24, 2.45) is 0 Å². The van der Waals surface area contributed by atoms with Crippen molar-refractivity contribution in [1.29, 1.82) is 0 Å². The summed E-state index contributed by atoms with van der Waals surface area (Å²) >= 11 is 17.9. The zero-order valence-electron chi connectivity index (χ0n) is 10.9. The minimum absolute atomic E-state index is 0.0892. The second-order valence-corrected chi connectivity index (χ2v) is 5.40. The van der Waals surface area contributed by atoms with Crippen LogP contribution < -0.4 is 4.74 Å². The summed E-state index contributed by atoms with van der Waals surface area (Å²) in [4.78, 5) is 12.4. The lowest BCUT2D eigenvalue weighted by Gasteiger charge is -2.10. The van der Waals surface area contributed by atoms with Gasteiger partial charge in [-0.3, -0.25) is 4.79 Å². The number of hydrogen-bond donors (Lipinski definition) is 0. The van der Waals surface area contributed by atoms with Gasteiger partial charge >= 0.3 is 0 Å². The molecular weight excluding hydrogens is 338 g/mol. The molecule has 0 aromatic heterocycles. The standard InChI is InChI=1S/C15H10Cl3FO2/c1-2-21-14-7-11(17)9(6-12(14)18)15(20)10-5-8(16)3-4-13(10)19/h3-7H,2H2,1H3. The summed E-state index contributed by atoms with van der Waals surface area (Å²) in [6, 6.07) is 6.53. The van der Waals surface area contributed by atoms with Crippen LogP contribution in [0.2, 0.25) is 15.1 Å². The molecule has 21 heavy (non-hydrogen) atoms. The van der Waals surface area contributed by atoms with Crippen LogP contribution in [0.5, 0.6) is 5.75 Å². The molecule has 0 unspecified atom stereocenters. The van der Waals surface area contributed by atoms with Gasteiger partial charge in [0.1, 0.15) is 11.6 Å². The molecule has 0 heterocycles. The SMILES string of the molecule is CCOc1cc(Cl)c(C(=O)c2cc(Cl)ccc2F)cc1Cl. The van der Waals surface area contributed by atoms with Crippen LogP contribution in [0.25, 0.3) is 0 Å². The molecule has 0 aliphatic carbocycles. The Hall–Kier alpha value is -1.29. The highest BCUT2D eigenvalue weighted by molar-refractivity contribution is 6.38. The van der Waals surface area contributed by atoms with Crippen molar-refractivity contribution in [3.05, 3.63) is 62.3 Å². The van der Waals surface area contributed by atoms with Crippen molar-refractivity contribution in [1.82, 2.24) is 0 Å². The van der Waals surface area contributed by atoms with E-state index in [0.29, 0.717) is 12.4 Å². The molecule has 0 aliphatic heterocycles. The first-order chi connectivity index (χ1) is 9.93. The highest BCUT2D eigenvalue weighted by Crippen LogP contribution is 2.33. The Morgan fingerprint density at radius 2 is 1.81 bits per heavy atom. The molecule has 2 aromatic rings. The number of benzene rings is 2. The minimum atomic E-state index is -0.675. The number of hydrogen-bond acceptors (Lipinski definition) is 2. The van der Waals surface area contributed by atoms with Crippen LogP contribution >= 0.6 is 34.8 Å². The Kier molecular flexibility index (Phi) is 5.09. The number of carbonyl (C=O) groups is 1. The van der Waals surface area contributed by atoms with Gasteiger partial charge < -0.3 is 4.74 Å². The molecule has 2 nitrogen and oxygen atoms in total. The molecule has 0 atom stereocenters. The van der Waals surface area contributed by atoms with E-state index in [1.165, 1.54) is 24.3 Å². The van der Waals surface area contributed by atoms with Crippen LogP contribution in [-0.4, -0.2) is 12.4 Å². The quantitative estimate of drug-likeness (QED) is 0.691. The van der Waals surface area contributed by atoms with Gasteiger partial charge in [-0.1, -0.05) is 34.8 Å². The van der Waals surface area contributed by atoms with E-state index < -0.39 is 11.6 Å². The Morgan fingerprint density at radius 1 is 1.10 bits per heavy atom. The second kappa shape index (κ2) is 6.65. The Bertz CT molecular complexity index is 702. The molecule has 0 saturated heterocycles. The summed E-state index contributed by atoms with van der Waals surface area (Å²) in [7, 11) is 0. The van der Waals surface area contributed by atoms with Gasteiger partial charge in [-0.15, -0.1) is 0 Å². The van der Waals surface area contributed by atoms with Gasteiger partial charge in [0.25, 0.3) is 0 Å². The molecule has 0 fully saturated rings. The fourth-order valence-electron chi connectivity index (χ4n) is 1.79. The van der Waals surface area contributed by atoms with Crippen LogP contribution in [0.3, 0.4) is 0 Å². The van der Waals surface area contributed by atoms with Crippen LogP contribution in [0.1, 0.15) is 22.8 Å². The predicted octanol–water partition coefficient (Wildman–Crippen LogP) is 5.42. The van der Waals surface area contributed by atoms with E-state index in [0.717, 1.165) is 6.07 Å². The monoisotopic (exact) mass is 346 g/mol. The van der Waals surface area contributed by atoms with Crippen LogP contribution in [0.4, 0.5) is 4.39 Å². The molecule has 0 aliphatic rings. The average molecular weight is 348 g/mol. The topological polar surface area (TPSA) is 26.3 Å². The third-order valence-corrected chi connectivity index (χ3v) is 3.58. The van der Waals surface area contributed by atoms with Crippen LogP contribution in [-0.2, 0) is 0 Å². The highest BCUT2D eigenvalue weighted by Gasteiger charge is 2.19. The molecule has 110 valence electrons. The zero-order valence-corrected chi connectivity index (χ0v) is 13.2. The van der Waals surface area contributed by atoms with E-state index in [4.69, 9.17) is 39.5 Å². The van der Waals surface area contributed by atoms with Crippen molar-refractivity contribution < 1.29 is 13.9 Å². The molecule has 0 spiro atoms. The van der Waals surface area contributed by atoms with Gasteiger partial charge in [0.15, 0.2) is 5.78 Å². The van der Waals surface area contributed by atoms with Crippen LogP contribution in [0, 0.1) is 5.82 Å². The van der Waals surface area contributed by atoms with E-state index in [2.05, 4.69) is 0 Å². The molecule has 0 amide bonds. The van der Waals surface area contributed by atoms with Gasteiger partial charge in [0.05, 0.1) is 22.2 Å². The Balaban J connectivity index is 2.49. The normalized spacial score (nSPS) is 10.5. The maximum atomic E-state index is 13.8. The molecule has 2 rings (SSSR count). The lowest BCUT2D eigenvalue weighted by atomic mass is 10.0. The number of ether oxygens (including phenoxy) is 1. The molecule has 2 aromatic carbocycles. The Labute approximate surface area is 136 Å². The van der Waals surface area contributed by atoms with Crippen LogP contribution in [0.15, 0.2) is 30.3 Å². The minimum Gasteiger partial charge on any atom is -0.492 e. The average Bonchev–Trinajstić information content (AvgIpc) is 2.44. The number of rotatable bonds is 4. The van der Waals surface area contributed by atoms with E-state index in [1.54, 1.807) is 6.92 Å². The number of carbonyl (C=O) groups excluding carboxylic acids is 1. The van der Waals surface area contributed by atoms with E-state index >= 15 is 0 Å². The first-order valence-electron chi connectivity index (χ1n) is 6.05. The van der Waals surface area contributed by atoms with Crippen molar-refractivity contribution in [2.75, 3.05) is 6.61 Å². The molecule has 0 radical (unpaired) electrons. The predicted molar refractivity (Wildman–Crippen MR) is 82.5 cm³/mol. The molecule has 6 heteroatoms. The van der Waals surface area contributed by atoms with E-state index in [-0.39, 0.29) is 26.2 Å². The van der Waals surface area contributed by atoms with Gasteiger partial charge in [-0.25, -0.2) is 4.39 Å². The van der Waals surface area contributed by atoms with Crippen molar-refractivity contribution in [2.45, 2.75) is 6.92 Å². The maximum absolute atomic E-state index is 13.8. The second-order valence-electron chi connectivity index (χ2n) is 4.15. The van der Waals surface area contributed by atoms with Crippen molar-refractivity contribution in [3.63, 3.8) is 0 Å². The van der Waals surface area contributed by atoms with E-state index in [9.17, 15) is 9.18 Å². The summed E-state index contributed by atoms with van der Waals surface area (Å²) in [5, 5.41) is 0.618. The molecule has 0 saturated carbocycles. The first kappa shape index (κ1) is 16.1. The van der Waals surface area contributed by atoms with E-state index in [1.807, 2.05) is 0 Å². The fourth-order valence-corrected chi connectivity index (χ4v) is 2.42. The third kappa shape index (κ3) is 3.49. The molecule has 0 N–H and O–H groups in total. The fraction of sp³-hybridized carbons (Fsp3) is 0.133. The smallest absolute Gasteiger partial charge is 0.197 e. The summed E-state index contributed by atoms with van der Waals surface area (Å²) in [6.07, 6.45) is 0. The summed E-state index contributed by atoms with van der Waals surface area (Å²) in [6.45, 7) is 2.21. The summed E-state index contributed by atoms with van der Waals surface area (Å²) < 4.78 is 19.0. The first-order valence-corrected chi connectivity index (χ1v) is 7.19. The molecule has 0 bridgehead atoms. The highest BCUT2D eigenvalue weighted by atomic mass is 35.5. The number of ketones is 1. The van der Waals surface area contributed by atoms with Gasteiger partial charge in [0.2, 0.25) is 0 Å². The zero-order chi connectivity index (χ0) is 15.6. The van der Waals surface area contributed by atoms with Crippen molar-refractivity contribution >= 4 is 40.6 Å². The van der Waals surface area contributed by atoms with Gasteiger partial charge in [-0.05, 0) is 31.2 Å². The largest absolute Gasteiger partial charge is 0.492 e. The lowest BCUT2D eigenvalue weighted by Crippen LogP contribution is -2.06. The summed E-state index contributed by atoms with van der Waals surface area (Å²) in [5.41, 5.74) is -0.0732. The number of halogens is 4. The third-order valence-electron chi connectivity index (χ3n) is 2.74. The Morgan fingerprint density at radius 3 is 2.48 bits per heavy atom. The maximum Gasteiger partial charge on any atom is 0.197 e. The van der Waals surface area contributed by atoms with Crippen molar-refractivity contribution in [3.8, 4) is 5.75 Å². The summed E-state index contributed by atoms with van der Waals surface area (Å²) in [5.74, 6) is -0.900.